The first kappa shape index (κ1) is 29.9. The van der Waals surface area contributed by atoms with Gasteiger partial charge in [0.1, 0.15) is 0 Å². The van der Waals surface area contributed by atoms with Gasteiger partial charge in [-0.2, -0.15) is 0 Å². The minimum absolute atomic E-state index is 0.0815. The number of fused-ring (bicyclic) bond motifs is 7. The van der Waals surface area contributed by atoms with E-state index in [1.54, 1.807) is 0 Å². The van der Waals surface area contributed by atoms with Gasteiger partial charge in [-0.05, 0) is 92.2 Å². The molecule has 0 unspecified atom stereocenters. The normalized spacial score (nSPS) is 13.1. The Hall–Kier alpha value is -5.96. The monoisotopic (exact) mass is 669 g/mol. The molecule has 1 aliphatic carbocycles. The fourth-order valence-electron chi connectivity index (χ4n) is 8.31. The summed E-state index contributed by atoms with van der Waals surface area (Å²) in [7, 11) is 0. The highest BCUT2D eigenvalue weighted by atomic mass is 32.1. The van der Waals surface area contributed by atoms with E-state index in [1.165, 1.54) is 75.5 Å². The minimum Gasteiger partial charge on any atom is -0.310 e. The third-order valence-electron chi connectivity index (χ3n) is 10.9. The molecule has 0 saturated heterocycles. The van der Waals surface area contributed by atoms with Gasteiger partial charge in [0.05, 0.1) is 0 Å². The molecule has 1 nitrogen and oxygen atoms in total. The summed E-state index contributed by atoms with van der Waals surface area (Å²) in [6.07, 6.45) is 0. The zero-order valence-electron chi connectivity index (χ0n) is 28.6. The van der Waals surface area contributed by atoms with Crippen molar-refractivity contribution in [3.8, 4) is 33.4 Å². The van der Waals surface area contributed by atoms with E-state index in [2.05, 4.69) is 195 Å². The van der Waals surface area contributed by atoms with Crippen LogP contribution in [0.1, 0.15) is 25.0 Å². The molecule has 9 aromatic rings. The lowest BCUT2D eigenvalue weighted by Crippen LogP contribution is -2.16. The summed E-state index contributed by atoms with van der Waals surface area (Å²) in [6, 6.07) is 64.8. The van der Waals surface area contributed by atoms with Crippen LogP contribution in [0, 0.1) is 0 Å². The molecular weight excluding hydrogens is 635 g/mol. The lowest BCUT2D eigenvalue weighted by atomic mass is 9.82. The predicted molar refractivity (Wildman–Crippen MR) is 220 cm³/mol. The van der Waals surface area contributed by atoms with Gasteiger partial charge in [0.2, 0.25) is 0 Å². The number of rotatable bonds is 5. The summed E-state index contributed by atoms with van der Waals surface area (Å²) in [6.45, 7) is 4.71. The van der Waals surface area contributed by atoms with Gasteiger partial charge in [-0.3, -0.25) is 0 Å². The molecule has 0 atom stereocenters. The molecule has 1 aromatic heterocycles. The SMILES string of the molecule is CC1(C)c2ccccc2-c2ccc(N(c3ccc(-c4ccccc4-c4cccc5c4sc4ccccc45)cc3)c3ccc4ccccc4c3)cc21. The molecule has 0 aliphatic heterocycles. The smallest absolute Gasteiger partial charge is 0.0468 e. The number of hydrogen-bond donors (Lipinski definition) is 0. The van der Waals surface area contributed by atoms with E-state index >= 15 is 0 Å². The van der Waals surface area contributed by atoms with E-state index in [1.807, 2.05) is 11.3 Å². The van der Waals surface area contributed by atoms with Crippen LogP contribution in [-0.2, 0) is 5.41 Å². The zero-order chi connectivity index (χ0) is 34.1. The molecule has 8 aromatic carbocycles. The maximum absolute atomic E-state index is 2.42. The van der Waals surface area contributed by atoms with Gasteiger partial charge in [-0.1, -0.05) is 147 Å². The van der Waals surface area contributed by atoms with Crippen molar-refractivity contribution in [1.82, 2.24) is 0 Å². The number of nitrogens with zero attached hydrogens (tertiary/aromatic N) is 1. The van der Waals surface area contributed by atoms with Crippen molar-refractivity contribution in [2.75, 3.05) is 4.90 Å². The number of hydrogen-bond acceptors (Lipinski definition) is 2. The summed E-state index contributed by atoms with van der Waals surface area (Å²) < 4.78 is 2.67. The molecule has 0 radical (unpaired) electrons. The third-order valence-corrected chi connectivity index (χ3v) is 12.1. The van der Waals surface area contributed by atoms with Gasteiger partial charge in [0, 0.05) is 48.2 Å². The minimum atomic E-state index is -0.0815. The average molecular weight is 670 g/mol. The van der Waals surface area contributed by atoms with E-state index in [0.717, 1.165) is 17.1 Å². The molecule has 2 heteroatoms. The maximum atomic E-state index is 2.42. The summed E-state index contributed by atoms with van der Waals surface area (Å²) in [4.78, 5) is 2.42. The van der Waals surface area contributed by atoms with Crippen LogP contribution < -0.4 is 4.90 Å². The summed E-state index contributed by atoms with van der Waals surface area (Å²) in [5.74, 6) is 0. The zero-order valence-corrected chi connectivity index (χ0v) is 29.4. The second kappa shape index (κ2) is 11.6. The highest BCUT2D eigenvalue weighted by Gasteiger charge is 2.35. The molecule has 242 valence electrons. The van der Waals surface area contributed by atoms with Gasteiger partial charge in [-0.15, -0.1) is 11.3 Å². The molecule has 0 saturated carbocycles. The highest BCUT2D eigenvalue weighted by Crippen LogP contribution is 2.51. The van der Waals surface area contributed by atoms with Crippen LogP contribution in [-0.4, -0.2) is 0 Å². The van der Waals surface area contributed by atoms with Gasteiger partial charge >= 0.3 is 0 Å². The van der Waals surface area contributed by atoms with Crippen molar-refractivity contribution in [1.29, 1.82) is 0 Å². The van der Waals surface area contributed by atoms with Crippen LogP contribution in [0.2, 0.25) is 0 Å². The first-order valence-electron chi connectivity index (χ1n) is 17.7. The highest BCUT2D eigenvalue weighted by molar-refractivity contribution is 7.26. The van der Waals surface area contributed by atoms with E-state index in [0.29, 0.717) is 0 Å². The lowest BCUT2D eigenvalue weighted by molar-refractivity contribution is 0.660. The van der Waals surface area contributed by atoms with E-state index < -0.39 is 0 Å². The Bertz CT molecular complexity index is 2780. The summed E-state index contributed by atoms with van der Waals surface area (Å²) in [5.41, 5.74) is 13.8. The standard InChI is InChI=1S/C49H35NS/c1-49(2)45-20-9-7-16-40(45)41-29-28-37(31-46(41)49)50(36-27-22-32-12-3-4-13-34(32)30-36)35-25-23-33(24-26-35)38-14-5-6-15-39(38)43-18-11-19-44-42-17-8-10-21-47(42)51-48(43)44/h3-31H,1-2H3. The van der Waals surface area contributed by atoms with E-state index in [4.69, 9.17) is 0 Å². The summed E-state index contributed by atoms with van der Waals surface area (Å²) in [5, 5.41) is 5.13. The van der Waals surface area contributed by atoms with Crippen molar-refractivity contribution in [3.63, 3.8) is 0 Å². The molecule has 0 amide bonds. The maximum Gasteiger partial charge on any atom is 0.0468 e. The second-order valence-electron chi connectivity index (χ2n) is 14.1. The van der Waals surface area contributed by atoms with Crippen LogP contribution in [0.15, 0.2) is 176 Å². The fourth-order valence-corrected chi connectivity index (χ4v) is 9.54. The number of thiophene rings is 1. The molecule has 0 N–H and O–H groups in total. The average Bonchev–Trinajstić information content (AvgIpc) is 3.67. The lowest BCUT2D eigenvalue weighted by Gasteiger charge is -2.28. The molecule has 10 rings (SSSR count). The molecule has 1 aliphatic rings. The number of benzene rings is 8. The largest absolute Gasteiger partial charge is 0.310 e. The van der Waals surface area contributed by atoms with Gasteiger partial charge in [0.25, 0.3) is 0 Å². The Balaban J connectivity index is 1.10. The Morgan fingerprint density at radius 3 is 1.88 bits per heavy atom. The number of anilines is 3. The van der Waals surface area contributed by atoms with Gasteiger partial charge < -0.3 is 4.90 Å². The molecule has 51 heavy (non-hydrogen) atoms. The van der Waals surface area contributed by atoms with Crippen molar-refractivity contribution < 1.29 is 0 Å². The van der Waals surface area contributed by atoms with Crippen molar-refractivity contribution in [3.05, 3.63) is 187 Å². The van der Waals surface area contributed by atoms with Crippen molar-refractivity contribution in [2.45, 2.75) is 19.3 Å². The Labute approximate surface area is 302 Å². The Morgan fingerprint density at radius 2 is 1.02 bits per heavy atom. The molecule has 0 fully saturated rings. The van der Waals surface area contributed by atoms with Crippen LogP contribution in [0.5, 0.6) is 0 Å². The van der Waals surface area contributed by atoms with Crippen molar-refractivity contribution >= 4 is 59.3 Å². The van der Waals surface area contributed by atoms with E-state index in [-0.39, 0.29) is 5.41 Å². The second-order valence-corrected chi connectivity index (χ2v) is 15.2. The topological polar surface area (TPSA) is 3.24 Å². The summed E-state index contributed by atoms with van der Waals surface area (Å²) >= 11 is 1.89. The van der Waals surface area contributed by atoms with Crippen molar-refractivity contribution in [2.24, 2.45) is 0 Å². The van der Waals surface area contributed by atoms with Gasteiger partial charge in [-0.25, -0.2) is 0 Å². The van der Waals surface area contributed by atoms with Crippen LogP contribution >= 0.6 is 11.3 Å². The molecular formula is C49H35NS. The first-order chi connectivity index (χ1) is 25.0. The van der Waals surface area contributed by atoms with Crippen LogP contribution in [0.25, 0.3) is 64.3 Å². The molecule has 0 bridgehead atoms. The van der Waals surface area contributed by atoms with Crippen LogP contribution in [0.4, 0.5) is 17.1 Å². The molecule has 0 spiro atoms. The predicted octanol–water partition coefficient (Wildman–Crippen LogP) is 14.3. The van der Waals surface area contributed by atoms with Crippen LogP contribution in [0.3, 0.4) is 0 Å². The van der Waals surface area contributed by atoms with Gasteiger partial charge in [0.15, 0.2) is 0 Å². The molecule has 1 heterocycles. The Morgan fingerprint density at radius 1 is 0.412 bits per heavy atom. The van der Waals surface area contributed by atoms with E-state index in [9.17, 15) is 0 Å². The quantitative estimate of drug-likeness (QED) is 0.176. The third kappa shape index (κ3) is 4.75. The first-order valence-corrected chi connectivity index (χ1v) is 18.5. The Kier molecular flexibility index (Phi) is 6.78. The fraction of sp³-hybridized carbons (Fsp3) is 0.0612.